The predicted octanol–water partition coefficient (Wildman–Crippen LogP) is 15.6. The molecule has 0 fully saturated rings. The van der Waals surface area contributed by atoms with Gasteiger partial charge in [-0.15, -0.1) is 0 Å². The van der Waals surface area contributed by atoms with Crippen LogP contribution in [0.4, 0.5) is 0 Å². The van der Waals surface area contributed by atoms with Gasteiger partial charge in [-0.2, -0.15) is 0 Å². The number of amides is 1. The summed E-state index contributed by atoms with van der Waals surface area (Å²) < 4.78 is 23.4. The van der Waals surface area contributed by atoms with Crippen LogP contribution in [0.5, 0.6) is 0 Å². The molecule has 62 heavy (non-hydrogen) atoms. The van der Waals surface area contributed by atoms with Crippen molar-refractivity contribution in [3.05, 3.63) is 24.3 Å². The van der Waals surface area contributed by atoms with Crippen molar-refractivity contribution in [3.63, 3.8) is 0 Å². The van der Waals surface area contributed by atoms with Gasteiger partial charge < -0.3 is 19.8 Å². The molecular weight excluding hydrogens is 792 g/mol. The average Bonchev–Trinajstić information content (AvgIpc) is 3.23. The first kappa shape index (κ1) is 61.0. The van der Waals surface area contributed by atoms with Gasteiger partial charge >= 0.3 is 7.82 Å². The lowest BCUT2D eigenvalue weighted by Crippen LogP contribution is -2.45. The van der Waals surface area contributed by atoms with E-state index in [0.717, 1.165) is 44.9 Å². The smallest absolute Gasteiger partial charge is 0.387 e. The molecule has 3 N–H and O–H groups in total. The summed E-state index contributed by atoms with van der Waals surface area (Å²) in [5.74, 6) is -0.180. The Labute approximate surface area is 385 Å². The van der Waals surface area contributed by atoms with Gasteiger partial charge in [-0.25, -0.2) is 4.57 Å². The van der Waals surface area contributed by atoms with E-state index >= 15 is 0 Å². The number of phosphoric ester groups is 1. The number of hydrogen-bond acceptors (Lipinski definition) is 5. The Morgan fingerprint density at radius 3 is 1.27 bits per heavy atom. The lowest BCUT2D eigenvalue weighted by molar-refractivity contribution is -0.870. The summed E-state index contributed by atoms with van der Waals surface area (Å²) in [4.78, 5) is 23.0. The van der Waals surface area contributed by atoms with Gasteiger partial charge in [-0.05, 0) is 44.9 Å². The van der Waals surface area contributed by atoms with Gasteiger partial charge in [-0.1, -0.05) is 231 Å². The fourth-order valence-corrected chi connectivity index (χ4v) is 8.66. The van der Waals surface area contributed by atoms with Crippen molar-refractivity contribution in [1.82, 2.24) is 5.32 Å². The van der Waals surface area contributed by atoms with Crippen LogP contribution in [0.2, 0.25) is 0 Å². The number of phosphoric acid groups is 1. The second-order valence-electron chi connectivity index (χ2n) is 19.6. The molecule has 0 aromatic rings. The van der Waals surface area contributed by atoms with Crippen LogP contribution < -0.4 is 5.32 Å². The maximum atomic E-state index is 12.8. The first-order valence-electron chi connectivity index (χ1n) is 26.7. The third-order valence-corrected chi connectivity index (χ3v) is 13.1. The minimum Gasteiger partial charge on any atom is -0.387 e. The van der Waals surface area contributed by atoms with E-state index in [0.29, 0.717) is 17.4 Å². The molecule has 3 unspecified atom stereocenters. The highest BCUT2D eigenvalue weighted by Crippen LogP contribution is 2.43. The van der Waals surface area contributed by atoms with Gasteiger partial charge in [0.15, 0.2) is 0 Å². The van der Waals surface area contributed by atoms with Crippen LogP contribution in [0.25, 0.3) is 0 Å². The minimum atomic E-state index is -4.32. The van der Waals surface area contributed by atoms with E-state index in [-0.39, 0.29) is 19.1 Å². The Morgan fingerprint density at radius 1 is 0.532 bits per heavy atom. The molecule has 0 aromatic heterocycles. The molecule has 0 spiro atoms. The van der Waals surface area contributed by atoms with E-state index in [4.69, 9.17) is 9.05 Å². The topological polar surface area (TPSA) is 105 Å². The Balaban J connectivity index is 3.72. The summed E-state index contributed by atoms with van der Waals surface area (Å²) in [5, 5.41) is 13.6. The first-order chi connectivity index (χ1) is 30.0. The van der Waals surface area contributed by atoms with Crippen molar-refractivity contribution < 1.29 is 32.9 Å². The Kier molecular flexibility index (Phi) is 44.4. The molecule has 0 aromatic carbocycles. The van der Waals surface area contributed by atoms with Crippen LogP contribution in [-0.4, -0.2) is 73.4 Å². The predicted molar refractivity (Wildman–Crippen MR) is 268 cm³/mol. The number of hydrogen-bond donors (Lipinski definition) is 3. The third kappa shape index (κ3) is 47.0. The van der Waals surface area contributed by atoms with Crippen LogP contribution in [0.15, 0.2) is 24.3 Å². The highest BCUT2D eigenvalue weighted by Gasteiger charge is 2.27. The Morgan fingerprint density at radius 2 is 0.871 bits per heavy atom. The van der Waals surface area contributed by atoms with Crippen LogP contribution in [0, 0.1) is 0 Å². The highest BCUT2D eigenvalue weighted by atomic mass is 31.2. The quantitative estimate of drug-likeness (QED) is 0.0243. The number of aliphatic hydroxyl groups is 1. The number of nitrogens with one attached hydrogen (secondary N) is 1. The Hall–Kier alpha value is -1.02. The minimum absolute atomic E-state index is 0.0626. The van der Waals surface area contributed by atoms with Crippen LogP contribution in [0.1, 0.15) is 258 Å². The maximum absolute atomic E-state index is 12.8. The molecule has 3 atom stereocenters. The van der Waals surface area contributed by atoms with E-state index in [1.807, 2.05) is 27.2 Å². The molecular formula is C53H106N2O6P+. The molecule has 0 heterocycles. The SMILES string of the molecule is CCCCC/C=C/C(O)C(COP(=O)(O)OCC[N+](C)(C)C)NC(=O)CCCCCCCCCCCCCCCCCCCCCCCCC/C=C\CCCCCCCCCC. The molecule has 0 saturated carbocycles. The zero-order valence-electron chi connectivity index (χ0n) is 41.9. The molecule has 9 heteroatoms. The maximum Gasteiger partial charge on any atom is 0.472 e. The van der Waals surface area contributed by atoms with Crippen molar-refractivity contribution in [2.45, 2.75) is 270 Å². The summed E-state index contributed by atoms with van der Waals surface area (Å²) in [6.07, 6.45) is 56.4. The molecule has 0 bridgehead atoms. The highest BCUT2D eigenvalue weighted by molar-refractivity contribution is 7.47. The number of likely N-dealkylation sites (N-methyl/N-ethyl adjacent to an activating group) is 1. The number of allylic oxidation sites excluding steroid dienone is 3. The van der Waals surface area contributed by atoms with Gasteiger partial charge in [0.25, 0.3) is 0 Å². The summed E-state index contributed by atoms with van der Waals surface area (Å²) in [7, 11) is 1.58. The van der Waals surface area contributed by atoms with Gasteiger partial charge in [0, 0.05) is 6.42 Å². The monoisotopic (exact) mass is 898 g/mol. The lowest BCUT2D eigenvalue weighted by atomic mass is 10.0. The van der Waals surface area contributed by atoms with Crippen molar-refractivity contribution in [3.8, 4) is 0 Å². The number of carbonyl (C=O) groups excluding carboxylic acids is 1. The molecule has 0 aliphatic carbocycles. The van der Waals surface area contributed by atoms with Crippen LogP contribution >= 0.6 is 7.82 Å². The number of rotatable bonds is 49. The summed E-state index contributed by atoms with van der Waals surface area (Å²) in [6, 6.07) is -0.839. The zero-order valence-corrected chi connectivity index (χ0v) is 42.8. The van der Waals surface area contributed by atoms with Crippen LogP contribution in [0.3, 0.4) is 0 Å². The number of carbonyl (C=O) groups is 1. The lowest BCUT2D eigenvalue weighted by Gasteiger charge is -2.25. The largest absolute Gasteiger partial charge is 0.472 e. The first-order valence-corrected chi connectivity index (χ1v) is 28.2. The number of unbranched alkanes of at least 4 members (excludes halogenated alkanes) is 34. The second-order valence-corrected chi connectivity index (χ2v) is 21.1. The standard InChI is InChI=1S/C53H105N2O6P/c1-6-8-10-12-13-14-15-16-17-18-19-20-21-22-23-24-25-26-27-28-29-30-31-32-33-34-35-36-37-38-39-40-41-43-45-47-53(57)54-51(52(56)46-44-42-11-9-7-2)50-61-62(58,59)60-49-48-55(3,4)5/h18-19,44,46,51-52,56H,6-17,20-43,45,47-50H2,1-5H3,(H-,54,57,58,59)/p+1/b19-18-,46-44+. The van der Waals surface area contributed by atoms with E-state index < -0.39 is 20.0 Å². The molecule has 0 rings (SSSR count). The summed E-state index contributed by atoms with van der Waals surface area (Å²) in [6.45, 7) is 4.72. The van der Waals surface area contributed by atoms with Crippen molar-refractivity contribution >= 4 is 13.7 Å². The van der Waals surface area contributed by atoms with E-state index in [1.54, 1.807) is 6.08 Å². The molecule has 0 radical (unpaired) electrons. The number of aliphatic hydroxyl groups excluding tert-OH is 1. The number of nitrogens with zero attached hydrogens (tertiary/aromatic N) is 1. The summed E-state index contributed by atoms with van der Waals surface area (Å²) >= 11 is 0. The molecule has 8 nitrogen and oxygen atoms in total. The van der Waals surface area contributed by atoms with E-state index in [1.165, 1.54) is 193 Å². The zero-order chi connectivity index (χ0) is 45.7. The third-order valence-electron chi connectivity index (χ3n) is 12.2. The van der Waals surface area contributed by atoms with E-state index in [9.17, 15) is 19.4 Å². The fraction of sp³-hybridized carbons (Fsp3) is 0.906. The molecule has 368 valence electrons. The molecule has 0 aliphatic rings. The van der Waals surface area contributed by atoms with Crippen molar-refractivity contribution in [2.75, 3.05) is 40.9 Å². The van der Waals surface area contributed by atoms with Gasteiger partial charge in [0.1, 0.15) is 13.2 Å². The number of quaternary nitrogens is 1. The molecule has 0 saturated heterocycles. The Bertz CT molecular complexity index is 1060. The van der Waals surface area contributed by atoms with E-state index in [2.05, 4.69) is 31.3 Å². The van der Waals surface area contributed by atoms with Gasteiger partial charge in [0.05, 0.1) is 39.9 Å². The van der Waals surface area contributed by atoms with Gasteiger partial charge in [-0.3, -0.25) is 13.8 Å². The molecule has 1 amide bonds. The second kappa shape index (κ2) is 45.1. The van der Waals surface area contributed by atoms with Gasteiger partial charge in [0.2, 0.25) is 5.91 Å². The van der Waals surface area contributed by atoms with Crippen LogP contribution in [-0.2, 0) is 18.4 Å². The van der Waals surface area contributed by atoms with Crippen molar-refractivity contribution in [2.24, 2.45) is 0 Å². The van der Waals surface area contributed by atoms with Crippen molar-refractivity contribution in [1.29, 1.82) is 0 Å². The normalized spacial score (nSPS) is 14.2. The molecule has 0 aliphatic heterocycles. The summed E-state index contributed by atoms with van der Waals surface area (Å²) in [5.41, 5.74) is 0. The fourth-order valence-electron chi connectivity index (χ4n) is 7.92. The average molecular weight is 898 g/mol.